The quantitative estimate of drug-likeness (QED) is 0.437. The zero-order valence-electron chi connectivity index (χ0n) is 16.2. The smallest absolute Gasteiger partial charge is 0.271 e. The molecule has 2 N–H and O–H groups in total. The van der Waals surface area contributed by atoms with Gasteiger partial charge in [-0.3, -0.25) is 9.52 Å². The maximum Gasteiger partial charge on any atom is 0.271 e. The second-order valence-electron chi connectivity index (χ2n) is 6.92. The molecule has 30 heavy (non-hydrogen) atoms. The number of fused-ring (bicyclic) bond motifs is 1. The van der Waals surface area contributed by atoms with Gasteiger partial charge in [-0.25, -0.2) is 8.42 Å². The van der Waals surface area contributed by atoms with Crippen LogP contribution in [0.4, 0.5) is 5.69 Å². The average molecular weight is 437 g/mol. The van der Waals surface area contributed by atoms with Crippen LogP contribution in [0.2, 0.25) is 0 Å². The van der Waals surface area contributed by atoms with Crippen LogP contribution in [0.25, 0.3) is 10.8 Å². The van der Waals surface area contributed by atoms with Crippen LogP contribution >= 0.6 is 11.3 Å². The fourth-order valence-electron chi connectivity index (χ4n) is 3.15. The number of nitrogens with one attached hydrogen (secondary N) is 2. The number of amides is 1. The lowest BCUT2D eigenvalue weighted by Gasteiger charge is -2.15. The van der Waals surface area contributed by atoms with Crippen LogP contribution in [0.5, 0.6) is 0 Å². The summed E-state index contributed by atoms with van der Waals surface area (Å²) in [6, 6.07) is 23.7. The van der Waals surface area contributed by atoms with Crippen molar-refractivity contribution >= 4 is 43.7 Å². The minimum atomic E-state index is -3.61. The number of sulfonamides is 1. The number of carbonyl (C=O) groups excluding carboxylic acids is 1. The molecule has 1 amide bonds. The first-order valence-electron chi connectivity index (χ1n) is 9.38. The number of benzene rings is 3. The van der Waals surface area contributed by atoms with Crippen LogP contribution in [0.3, 0.4) is 0 Å². The fourth-order valence-corrected chi connectivity index (χ4v) is 5.20. The molecule has 0 aliphatic rings. The molecule has 152 valence electrons. The van der Waals surface area contributed by atoms with Gasteiger partial charge in [0, 0.05) is 11.3 Å². The Morgan fingerprint density at radius 1 is 0.900 bits per heavy atom. The summed E-state index contributed by atoms with van der Waals surface area (Å²) in [5, 5.41) is 6.98. The molecule has 5 nitrogen and oxygen atoms in total. The predicted octanol–water partition coefficient (Wildman–Crippen LogP) is 5.19. The molecular formula is C23H20N2O3S2. The summed E-state index contributed by atoms with van der Waals surface area (Å²) >= 11 is 1.15. The lowest BCUT2D eigenvalue weighted by atomic mass is 10.0. The highest BCUT2D eigenvalue weighted by Gasteiger charge is 2.16. The molecule has 7 heteroatoms. The molecule has 1 unspecified atom stereocenters. The van der Waals surface area contributed by atoms with E-state index in [4.69, 9.17) is 0 Å². The number of hydrogen-bond donors (Lipinski definition) is 2. The van der Waals surface area contributed by atoms with E-state index >= 15 is 0 Å². The van der Waals surface area contributed by atoms with E-state index in [2.05, 4.69) is 22.2 Å². The Morgan fingerprint density at radius 3 is 2.33 bits per heavy atom. The molecule has 0 aliphatic heterocycles. The van der Waals surface area contributed by atoms with Gasteiger partial charge < -0.3 is 5.32 Å². The Morgan fingerprint density at radius 2 is 1.63 bits per heavy atom. The van der Waals surface area contributed by atoms with Gasteiger partial charge in [0.1, 0.15) is 4.21 Å². The van der Waals surface area contributed by atoms with Crippen molar-refractivity contribution < 1.29 is 13.2 Å². The SMILES string of the molecule is CC(NC(=O)c1ccc(NS(=O)(=O)c2cccs2)cc1)c1ccc2ccccc2c1. The van der Waals surface area contributed by atoms with Crippen LogP contribution in [-0.4, -0.2) is 14.3 Å². The normalized spacial score (nSPS) is 12.4. The number of anilines is 1. The fraction of sp³-hybridized carbons (Fsp3) is 0.0870. The largest absolute Gasteiger partial charge is 0.346 e. The summed E-state index contributed by atoms with van der Waals surface area (Å²) < 4.78 is 27.4. The highest BCUT2D eigenvalue weighted by molar-refractivity contribution is 7.94. The minimum Gasteiger partial charge on any atom is -0.346 e. The molecule has 0 aliphatic carbocycles. The van der Waals surface area contributed by atoms with Gasteiger partial charge in [-0.05, 0) is 65.0 Å². The van der Waals surface area contributed by atoms with E-state index in [-0.39, 0.29) is 16.2 Å². The first kappa shape index (κ1) is 20.1. The minimum absolute atomic E-state index is 0.167. The van der Waals surface area contributed by atoms with E-state index in [1.165, 1.54) is 0 Å². The molecule has 0 radical (unpaired) electrons. The molecule has 1 aromatic heterocycles. The van der Waals surface area contributed by atoms with Gasteiger partial charge in [0.15, 0.2) is 0 Å². The van der Waals surface area contributed by atoms with Crippen molar-refractivity contribution in [2.24, 2.45) is 0 Å². The van der Waals surface area contributed by atoms with Crippen molar-refractivity contribution in [2.45, 2.75) is 17.2 Å². The molecule has 0 fully saturated rings. The first-order chi connectivity index (χ1) is 14.4. The van der Waals surface area contributed by atoms with Gasteiger partial charge in [-0.2, -0.15) is 0 Å². The van der Waals surface area contributed by atoms with Crippen molar-refractivity contribution in [2.75, 3.05) is 4.72 Å². The molecule has 4 rings (SSSR count). The monoisotopic (exact) mass is 436 g/mol. The predicted molar refractivity (Wildman–Crippen MR) is 121 cm³/mol. The van der Waals surface area contributed by atoms with Crippen molar-refractivity contribution in [3.8, 4) is 0 Å². The number of carbonyl (C=O) groups is 1. The topological polar surface area (TPSA) is 75.3 Å². The summed E-state index contributed by atoms with van der Waals surface area (Å²) in [6.07, 6.45) is 0. The molecule has 1 heterocycles. The number of thiophene rings is 1. The zero-order chi connectivity index (χ0) is 21.1. The Balaban J connectivity index is 1.44. The third kappa shape index (κ3) is 4.37. The number of rotatable bonds is 6. The van der Waals surface area contributed by atoms with E-state index in [9.17, 15) is 13.2 Å². The summed E-state index contributed by atoms with van der Waals surface area (Å²) in [5.74, 6) is -0.219. The summed E-state index contributed by atoms with van der Waals surface area (Å²) in [7, 11) is -3.61. The van der Waals surface area contributed by atoms with Crippen LogP contribution in [0.1, 0.15) is 28.9 Å². The van der Waals surface area contributed by atoms with Crippen molar-refractivity contribution in [1.29, 1.82) is 0 Å². The summed E-state index contributed by atoms with van der Waals surface area (Å²) in [4.78, 5) is 12.6. The average Bonchev–Trinajstić information content (AvgIpc) is 3.29. The maximum atomic E-state index is 12.6. The molecule has 0 spiro atoms. The first-order valence-corrected chi connectivity index (χ1v) is 11.7. The molecule has 0 bridgehead atoms. The lowest BCUT2D eigenvalue weighted by molar-refractivity contribution is 0.0940. The van der Waals surface area contributed by atoms with E-state index < -0.39 is 10.0 Å². The van der Waals surface area contributed by atoms with Gasteiger partial charge in [-0.1, -0.05) is 42.5 Å². The molecule has 3 aromatic carbocycles. The third-order valence-electron chi connectivity index (χ3n) is 4.78. The van der Waals surface area contributed by atoms with E-state index in [0.29, 0.717) is 11.3 Å². The highest BCUT2D eigenvalue weighted by Crippen LogP contribution is 2.22. The van der Waals surface area contributed by atoms with E-state index in [1.54, 1.807) is 41.8 Å². The Bertz CT molecular complexity index is 1280. The van der Waals surface area contributed by atoms with Crippen LogP contribution in [0, 0.1) is 0 Å². The van der Waals surface area contributed by atoms with Gasteiger partial charge >= 0.3 is 0 Å². The van der Waals surface area contributed by atoms with Gasteiger partial charge in [0.25, 0.3) is 15.9 Å². The van der Waals surface area contributed by atoms with Gasteiger partial charge in [-0.15, -0.1) is 11.3 Å². The third-order valence-corrected chi connectivity index (χ3v) is 7.56. The maximum absolute atomic E-state index is 12.6. The highest BCUT2D eigenvalue weighted by atomic mass is 32.2. The molecular weight excluding hydrogens is 416 g/mol. The van der Waals surface area contributed by atoms with Crippen molar-refractivity contribution in [3.63, 3.8) is 0 Å². The standard InChI is InChI=1S/C23H20N2O3S2/c1-16(19-9-8-17-5-2-3-6-20(17)15-19)24-23(26)18-10-12-21(13-11-18)25-30(27,28)22-7-4-14-29-22/h2-16,25H,1H3,(H,24,26). The van der Waals surface area contributed by atoms with E-state index in [1.807, 2.05) is 37.3 Å². The van der Waals surface area contributed by atoms with E-state index in [0.717, 1.165) is 27.7 Å². The van der Waals surface area contributed by atoms with Crippen molar-refractivity contribution in [3.05, 3.63) is 95.4 Å². The Kier molecular flexibility index (Phi) is 5.57. The zero-order valence-corrected chi connectivity index (χ0v) is 17.8. The van der Waals surface area contributed by atoms with Crippen LogP contribution in [-0.2, 0) is 10.0 Å². The second kappa shape index (κ2) is 8.30. The Hall–Kier alpha value is -3.16. The molecule has 0 saturated carbocycles. The van der Waals surface area contributed by atoms with Gasteiger partial charge in [0.05, 0.1) is 6.04 Å². The van der Waals surface area contributed by atoms with Crippen LogP contribution < -0.4 is 10.0 Å². The lowest BCUT2D eigenvalue weighted by Crippen LogP contribution is -2.26. The molecule has 4 aromatic rings. The summed E-state index contributed by atoms with van der Waals surface area (Å²) in [5.41, 5.74) is 1.88. The van der Waals surface area contributed by atoms with Crippen LogP contribution in [0.15, 0.2) is 88.5 Å². The number of hydrogen-bond acceptors (Lipinski definition) is 4. The molecule has 1 atom stereocenters. The Labute approximate surface area is 179 Å². The summed E-state index contributed by atoms with van der Waals surface area (Å²) in [6.45, 7) is 1.94. The van der Waals surface area contributed by atoms with Crippen molar-refractivity contribution in [1.82, 2.24) is 5.32 Å². The van der Waals surface area contributed by atoms with Gasteiger partial charge in [0.2, 0.25) is 0 Å². The second-order valence-corrected chi connectivity index (χ2v) is 9.77. The molecule has 0 saturated heterocycles.